The fraction of sp³-hybridized carbons (Fsp3) is 0.889. The van der Waals surface area contributed by atoms with Gasteiger partial charge < -0.3 is 15.2 Å². The number of rotatable bonds is 17. The third-order valence-corrected chi connectivity index (χ3v) is 3.96. The average molecular weight is 329 g/mol. The number of unbranched alkanes of at least 4 members (excludes halogenated alkanes) is 9. The van der Waals surface area contributed by atoms with Crippen LogP contribution in [-0.4, -0.2) is 37.2 Å². The largest absolute Gasteiger partial charge is 0.481 e. The number of carboxylic acids is 1. The minimum absolute atomic E-state index is 0.0968. The Morgan fingerprint density at radius 1 is 0.739 bits per heavy atom. The van der Waals surface area contributed by atoms with Crippen molar-refractivity contribution in [1.82, 2.24) is 5.32 Å². The molecule has 0 aromatic heterocycles. The highest BCUT2D eigenvalue weighted by molar-refractivity contribution is 5.68. The van der Waals surface area contributed by atoms with Gasteiger partial charge in [-0.25, -0.2) is 0 Å². The second kappa shape index (κ2) is 17.3. The highest BCUT2D eigenvalue weighted by Crippen LogP contribution is 2.10. The van der Waals surface area contributed by atoms with E-state index in [1.165, 1.54) is 52.1 Å². The Bertz CT molecular complexity index is 295. The molecule has 0 saturated heterocycles. The summed E-state index contributed by atoms with van der Waals surface area (Å²) in [5, 5.41) is 11.9. The molecular weight excluding hydrogens is 294 g/mol. The Labute approximate surface area is 141 Å². The summed E-state index contributed by atoms with van der Waals surface area (Å²) in [7, 11) is 1.44. The molecule has 0 aromatic carbocycles. The van der Waals surface area contributed by atoms with Crippen LogP contribution in [0.15, 0.2) is 0 Å². The van der Waals surface area contributed by atoms with E-state index in [-0.39, 0.29) is 12.4 Å². The molecule has 2 N–H and O–H groups in total. The lowest BCUT2D eigenvalue weighted by atomic mass is 10.1. The molecule has 0 aromatic rings. The number of carboxylic acid groups (broad SMARTS) is 1. The van der Waals surface area contributed by atoms with Gasteiger partial charge in [0.25, 0.3) is 0 Å². The predicted octanol–water partition coefficient (Wildman–Crippen LogP) is 3.90. The van der Waals surface area contributed by atoms with Crippen LogP contribution < -0.4 is 5.32 Å². The third-order valence-electron chi connectivity index (χ3n) is 3.96. The molecule has 0 radical (unpaired) electrons. The molecule has 0 aliphatic rings. The maximum Gasteiger partial charge on any atom is 0.305 e. The van der Waals surface area contributed by atoms with Crippen molar-refractivity contribution in [3.8, 4) is 0 Å². The number of nitrogens with one attached hydrogen (secondary N) is 1. The summed E-state index contributed by atoms with van der Waals surface area (Å²) in [6, 6.07) is 0. The van der Waals surface area contributed by atoms with Gasteiger partial charge in [0.1, 0.15) is 0 Å². The minimum atomic E-state index is -0.700. The van der Waals surface area contributed by atoms with E-state index in [2.05, 4.69) is 10.1 Å². The summed E-state index contributed by atoms with van der Waals surface area (Å²) in [5.74, 6) is -0.797. The first-order chi connectivity index (χ1) is 11.2. The Balaban J connectivity index is 3.02. The Kier molecular flexibility index (Phi) is 16.4. The van der Waals surface area contributed by atoms with Crippen LogP contribution in [0.4, 0.5) is 0 Å². The summed E-state index contributed by atoms with van der Waals surface area (Å²) < 4.78 is 4.61. The molecule has 5 nitrogen and oxygen atoms in total. The lowest BCUT2D eigenvalue weighted by molar-refractivity contribution is -0.141. The number of aliphatic carboxylic acids is 1. The minimum Gasteiger partial charge on any atom is -0.481 e. The summed E-state index contributed by atoms with van der Waals surface area (Å²) in [6.45, 7) is 1.97. The first kappa shape index (κ1) is 21.9. The van der Waals surface area contributed by atoms with Crippen molar-refractivity contribution in [3.63, 3.8) is 0 Å². The maximum atomic E-state index is 10.9. The lowest BCUT2D eigenvalue weighted by Crippen LogP contribution is -2.16. The van der Waals surface area contributed by atoms with Gasteiger partial charge in [-0.15, -0.1) is 0 Å². The summed E-state index contributed by atoms with van der Waals surface area (Å²) in [6.07, 6.45) is 13.5. The van der Waals surface area contributed by atoms with Crippen LogP contribution in [0.25, 0.3) is 0 Å². The molecule has 0 unspecified atom stereocenters. The van der Waals surface area contributed by atoms with E-state index in [0.29, 0.717) is 6.42 Å². The van der Waals surface area contributed by atoms with Crippen molar-refractivity contribution < 1.29 is 19.4 Å². The van der Waals surface area contributed by atoms with Crippen LogP contribution in [0.2, 0.25) is 0 Å². The summed E-state index contributed by atoms with van der Waals surface area (Å²) >= 11 is 0. The standard InChI is InChI=1S/C18H35NO4/c1-23-18(22)14-9-7-5-3-2-4-6-8-11-15-19-16-12-10-13-17(20)21/h19H,2-16H2,1H3,(H,20,21). The van der Waals surface area contributed by atoms with Crippen LogP contribution in [0.3, 0.4) is 0 Å². The number of hydrogen-bond acceptors (Lipinski definition) is 4. The second-order valence-electron chi connectivity index (χ2n) is 6.11. The Morgan fingerprint density at radius 2 is 1.17 bits per heavy atom. The highest BCUT2D eigenvalue weighted by atomic mass is 16.5. The van der Waals surface area contributed by atoms with E-state index in [9.17, 15) is 9.59 Å². The fourth-order valence-electron chi connectivity index (χ4n) is 2.51. The smallest absolute Gasteiger partial charge is 0.305 e. The molecule has 0 amide bonds. The molecule has 0 bridgehead atoms. The maximum absolute atomic E-state index is 10.9. The Hall–Kier alpha value is -1.10. The van der Waals surface area contributed by atoms with Crippen LogP contribution in [0.1, 0.15) is 83.5 Å². The molecule has 0 atom stereocenters. The number of hydrogen-bond donors (Lipinski definition) is 2. The summed E-state index contributed by atoms with van der Waals surface area (Å²) in [5.41, 5.74) is 0. The zero-order valence-corrected chi connectivity index (χ0v) is 14.8. The second-order valence-corrected chi connectivity index (χ2v) is 6.11. The van der Waals surface area contributed by atoms with Gasteiger partial charge in [-0.3, -0.25) is 9.59 Å². The molecule has 0 rings (SSSR count). The van der Waals surface area contributed by atoms with Gasteiger partial charge in [0.15, 0.2) is 0 Å². The van der Waals surface area contributed by atoms with Gasteiger partial charge in [-0.1, -0.05) is 44.9 Å². The van der Waals surface area contributed by atoms with Crippen molar-refractivity contribution in [3.05, 3.63) is 0 Å². The zero-order valence-electron chi connectivity index (χ0n) is 14.8. The number of carbonyl (C=O) groups is 2. The molecule has 0 spiro atoms. The number of ether oxygens (including phenoxy) is 1. The molecule has 0 fully saturated rings. The highest BCUT2D eigenvalue weighted by Gasteiger charge is 1.99. The zero-order chi connectivity index (χ0) is 17.2. The van der Waals surface area contributed by atoms with Gasteiger partial charge in [-0.05, 0) is 38.8 Å². The fourth-order valence-corrected chi connectivity index (χ4v) is 2.51. The molecule has 5 heteroatoms. The van der Waals surface area contributed by atoms with Gasteiger partial charge in [0, 0.05) is 12.8 Å². The van der Waals surface area contributed by atoms with E-state index in [4.69, 9.17) is 5.11 Å². The first-order valence-electron chi connectivity index (χ1n) is 9.16. The topological polar surface area (TPSA) is 75.6 Å². The third kappa shape index (κ3) is 18.9. The van der Waals surface area contributed by atoms with E-state index in [0.717, 1.165) is 38.8 Å². The Morgan fingerprint density at radius 3 is 1.70 bits per heavy atom. The van der Waals surface area contributed by atoms with Crippen LogP contribution in [0, 0.1) is 0 Å². The summed E-state index contributed by atoms with van der Waals surface area (Å²) in [4.78, 5) is 21.3. The molecule has 136 valence electrons. The van der Waals surface area contributed by atoms with Gasteiger partial charge in [-0.2, -0.15) is 0 Å². The van der Waals surface area contributed by atoms with Gasteiger partial charge in [0.05, 0.1) is 7.11 Å². The van der Waals surface area contributed by atoms with E-state index in [1.54, 1.807) is 0 Å². The molecule has 0 saturated carbocycles. The number of esters is 1. The molecule has 0 aliphatic heterocycles. The first-order valence-corrected chi connectivity index (χ1v) is 9.16. The van der Waals surface area contributed by atoms with Crippen LogP contribution >= 0.6 is 0 Å². The number of carbonyl (C=O) groups excluding carboxylic acids is 1. The van der Waals surface area contributed by atoms with Crippen molar-refractivity contribution >= 4 is 11.9 Å². The quantitative estimate of drug-likeness (QED) is 0.313. The number of methoxy groups -OCH3 is 1. The lowest BCUT2D eigenvalue weighted by Gasteiger charge is -2.05. The van der Waals surface area contributed by atoms with Crippen molar-refractivity contribution in [2.45, 2.75) is 83.5 Å². The predicted molar refractivity (Wildman–Crippen MR) is 92.5 cm³/mol. The molecule has 0 heterocycles. The average Bonchev–Trinajstić information content (AvgIpc) is 2.53. The monoisotopic (exact) mass is 329 g/mol. The van der Waals surface area contributed by atoms with Crippen molar-refractivity contribution in [2.75, 3.05) is 20.2 Å². The molecule has 23 heavy (non-hydrogen) atoms. The van der Waals surface area contributed by atoms with Crippen molar-refractivity contribution in [2.24, 2.45) is 0 Å². The van der Waals surface area contributed by atoms with Gasteiger partial charge in [0.2, 0.25) is 0 Å². The SMILES string of the molecule is COC(=O)CCCCCCCCCCCNCCCCC(=O)O. The van der Waals surface area contributed by atoms with Crippen LogP contribution in [-0.2, 0) is 14.3 Å². The molecule has 0 aliphatic carbocycles. The van der Waals surface area contributed by atoms with E-state index < -0.39 is 5.97 Å². The van der Waals surface area contributed by atoms with E-state index in [1.807, 2.05) is 0 Å². The van der Waals surface area contributed by atoms with Crippen LogP contribution in [0.5, 0.6) is 0 Å². The normalized spacial score (nSPS) is 10.7. The van der Waals surface area contributed by atoms with Gasteiger partial charge >= 0.3 is 11.9 Å². The van der Waals surface area contributed by atoms with E-state index >= 15 is 0 Å². The van der Waals surface area contributed by atoms with Crippen molar-refractivity contribution in [1.29, 1.82) is 0 Å². The molecular formula is C18H35NO4.